The van der Waals surface area contributed by atoms with Gasteiger partial charge in [-0.2, -0.15) is 13.2 Å². The number of unbranched alkanes of at least 4 members (excludes halogenated alkanes) is 2. The Bertz CT molecular complexity index is 1420. The van der Waals surface area contributed by atoms with Gasteiger partial charge in [0.15, 0.2) is 0 Å². The molecule has 14 heteroatoms. The number of aliphatic hydroxyl groups excluding tert-OH is 1. The molecule has 0 radical (unpaired) electrons. The number of nitrogens with two attached hydrogens (primary N) is 1. The highest BCUT2D eigenvalue weighted by atomic mass is 19.4. The zero-order valence-electron chi connectivity index (χ0n) is 24.9. The number of halogens is 3. The topological polar surface area (TPSA) is 163 Å². The number of hydrogen-bond acceptors (Lipinski definition) is 10. The monoisotopic (exact) mass is 635 g/mol. The number of dihydropyridines is 1. The smallest absolute Gasteiger partial charge is 0.431 e. The average molecular weight is 636 g/mol. The molecule has 0 amide bonds. The maximum Gasteiger partial charge on any atom is 0.431 e. The third-order valence-electron chi connectivity index (χ3n) is 7.09. The number of ether oxygens (including phenoxy) is 3. The van der Waals surface area contributed by atoms with E-state index in [9.17, 15) is 32.9 Å². The van der Waals surface area contributed by atoms with Crippen LogP contribution in [0.1, 0.15) is 56.1 Å². The normalized spacial score (nSPS) is 15.8. The molecule has 1 aliphatic heterocycles. The number of carbonyl (C=O) groups is 2. The van der Waals surface area contributed by atoms with Gasteiger partial charge in [-0.15, -0.1) is 0 Å². The molecular weight excluding hydrogens is 599 g/mol. The van der Waals surface area contributed by atoms with Crippen molar-refractivity contribution in [2.45, 2.75) is 63.8 Å². The molecule has 0 saturated carbocycles. The SMILES string of the molecule is COC(=O)C1=C(C(F)(F)F)NC(C)=C(C(=O)OCCCc2ccc(OC(N)CCCCCO)cc2)C1c1cccc([N+](=O)[O-])c1. The first-order valence-corrected chi connectivity index (χ1v) is 14.3. The number of non-ortho nitro benzene ring substituents is 1. The van der Waals surface area contributed by atoms with Gasteiger partial charge in [0.25, 0.3) is 5.69 Å². The van der Waals surface area contributed by atoms with E-state index in [-0.39, 0.29) is 30.0 Å². The minimum atomic E-state index is -5.04. The molecule has 1 heterocycles. The van der Waals surface area contributed by atoms with Crippen LogP contribution in [0.15, 0.2) is 71.1 Å². The molecule has 0 fully saturated rings. The van der Waals surface area contributed by atoms with Crippen molar-refractivity contribution in [1.29, 1.82) is 0 Å². The van der Waals surface area contributed by atoms with Gasteiger partial charge in [-0.1, -0.05) is 30.7 Å². The summed E-state index contributed by atoms with van der Waals surface area (Å²) >= 11 is 0. The van der Waals surface area contributed by atoms with Crippen LogP contribution in [-0.2, 0) is 25.5 Å². The standard InChI is InChI=1S/C31H36F3N3O8/c1-19-25(30(40)44-17-7-8-20-12-14-23(15-13-20)45-24(35)11-4-3-5-16-38)26(21-9-6-10-22(18-21)37(41)42)27(29(39)43-2)28(36-19)31(32,33)34/h6,9-10,12-15,18,24,26,36,38H,3-5,7-8,11,16-17,35H2,1-2H3. The van der Waals surface area contributed by atoms with Crippen LogP contribution in [0.3, 0.4) is 0 Å². The van der Waals surface area contributed by atoms with Crippen molar-refractivity contribution in [2.75, 3.05) is 20.3 Å². The number of rotatable bonds is 15. The molecule has 0 bridgehead atoms. The van der Waals surface area contributed by atoms with Gasteiger partial charge in [0.2, 0.25) is 0 Å². The van der Waals surface area contributed by atoms with E-state index in [0.29, 0.717) is 31.4 Å². The Hall–Kier alpha value is -4.43. The zero-order valence-corrected chi connectivity index (χ0v) is 24.9. The minimum absolute atomic E-state index is 0.0914. The van der Waals surface area contributed by atoms with Crippen LogP contribution in [0.5, 0.6) is 5.75 Å². The van der Waals surface area contributed by atoms with E-state index in [1.807, 2.05) is 12.1 Å². The summed E-state index contributed by atoms with van der Waals surface area (Å²) in [5.41, 5.74) is 3.49. The third kappa shape index (κ3) is 9.53. The van der Waals surface area contributed by atoms with E-state index in [1.54, 1.807) is 12.1 Å². The third-order valence-corrected chi connectivity index (χ3v) is 7.09. The van der Waals surface area contributed by atoms with Crippen molar-refractivity contribution in [2.24, 2.45) is 5.73 Å². The van der Waals surface area contributed by atoms with Crippen molar-refractivity contribution < 1.29 is 47.0 Å². The molecule has 0 saturated heterocycles. The van der Waals surface area contributed by atoms with E-state index < -0.39 is 52.1 Å². The quantitative estimate of drug-likeness (QED) is 0.0803. The Labute approximate surface area is 258 Å². The second-order valence-corrected chi connectivity index (χ2v) is 10.3. The lowest BCUT2D eigenvalue weighted by molar-refractivity contribution is -0.384. The number of aryl methyl sites for hydroxylation is 1. The van der Waals surface area contributed by atoms with Gasteiger partial charge in [0.05, 0.1) is 35.7 Å². The van der Waals surface area contributed by atoms with E-state index >= 15 is 0 Å². The molecule has 4 N–H and O–H groups in total. The molecule has 1 aliphatic rings. The van der Waals surface area contributed by atoms with E-state index in [2.05, 4.69) is 10.1 Å². The predicted octanol–water partition coefficient (Wildman–Crippen LogP) is 4.94. The second kappa shape index (κ2) is 16.0. The van der Waals surface area contributed by atoms with E-state index in [0.717, 1.165) is 37.6 Å². The predicted molar refractivity (Wildman–Crippen MR) is 157 cm³/mol. The number of nitrogens with zero attached hydrogens (tertiary/aromatic N) is 1. The Morgan fingerprint density at radius 1 is 1.07 bits per heavy atom. The van der Waals surface area contributed by atoms with Crippen LogP contribution >= 0.6 is 0 Å². The molecule has 2 aromatic carbocycles. The Balaban J connectivity index is 1.73. The molecule has 2 unspecified atom stereocenters. The number of esters is 2. The first-order chi connectivity index (χ1) is 21.4. The van der Waals surface area contributed by atoms with Crippen molar-refractivity contribution in [3.8, 4) is 5.75 Å². The van der Waals surface area contributed by atoms with Crippen LogP contribution in [0.2, 0.25) is 0 Å². The summed E-state index contributed by atoms with van der Waals surface area (Å²) in [6, 6.07) is 11.9. The highest BCUT2D eigenvalue weighted by molar-refractivity contribution is 6.00. The van der Waals surface area contributed by atoms with Crippen molar-refractivity contribution >= 4 is 17.6 Å². The number of nitro groups is 1. The number of nitro benzene ring substituents is 1. The number of hydrogen-bond donors (Lipinski definition) is 3. The molecule has 244 valence electrons. The number of aliphatic hydroxyl groups is 1. The number of nitrogens with one attached hydrogen (secondary N) is 1. The fourth-order valence-electron chi connectivity index (χ4n) is 4.92. The summed E-state index contributed by atoms with van der Waals surface area (Å²) in [6.07, 6.45) is -1.59. The molecule has 0 aromatic heterocycles. The van der Waals surface area contributed by atoms with E-state index in [1.165, 1.54) is 19.1 Å². The Morgan fingerprint density at radius 3 is 2.40 bits per heavy atom. The highest BCUT2D eigenvalue weighted by Gasteiger charge is 2.47. The number of benzene rings is 2. The van der Waals surface area contributed by atoms with Crippen molar-refractivity contribution in [1.82, 2.24) is 5.32 Å². The maximum atomic E-state index is 14.1. The molecule has 11 nitrogen and oxygen atoms in total. The van der Waals surface area contributed by atoms with Gasteiger partial charge in [-0.3, -0.25) is 15.8 Å². The van der Waals surface area contributed by atoms with Crippen molar-refractivity contribution in [3.63, 3.8) is 0 Å². The van der Waals surface area contributed by atoms with Crippen LogP contribution in [0, 0.1) is 10.1 Å². The Morgan fingerprint density at radius 2 is 1.78 bits per heavy atom. The van der Waals surface area contributed by atoms with Crippen LogP contribution < -0.4 is 15.8 Å². The fourth-order valence-corrected chi connectivity index (χ4v) is 4.92. The fraction of sp³-hybridized carbons (Fsp3) is 0.419. The van der Waals surface area contributed by atoms with Crippen molar-refractivity contribution in [3.05, 3.63) is 92.3 Å². The molecule has 2 atom stereocenters. The van der Waals surface area contributed by atoms with Gasteiger partial charge >= 0.3 is 18.1 Å². The molecular formula is C31H36F3N3O8. The van der Waals surface area contributed by atoms with Crippen LogP contribution in [0.4, 0.5) is 18.9 Å². The van der Waals surface area contributed by atoms with Gasteiger partial charge in [-0.25, -0.2) is 9.59 Å². The lowest BCUT2D eigenvalue weighted by atomic mass is 9.80. The first-order valence-electron chi connectivity index (χ1n) is 14.3. The van der Waals surface area contributed by atoms with E-state index in [4.69, 9.17) is 20.3 Å². The highest BCUT2D eigenvalue weighted by Crippen LogP contribution is 2.44. The molecule has 0 aliphatic carbocycles. The number of alkyl halides is 3. The minimum Gasteiger partial charge on any atom is -0.476 e. The lowest BCUT2D eigenvalue weighted by Crippen LogP contribution is -2.38. The zero-order chi connectivity index (χ0) is 33.1. The van der Waals surface area contributed by atoms with Crippen LogP contribution in [0.25, 0.3) is 0 Å². The van der Waals surface area contributed by atoms with Gasteiger partial charge in [-0.05, 0) is 62.3 Å². The lowest BCUT2D eigenvalue weighted by Gasteiger charge is -2.31. The first kappa shape index (κ1) is 35.1. The largest absolute Gasteiger partial charge is 0.476 e. The molecule has 45 heavy (non-hydrogen) atoms. The summed E-state index contributed by atoms with van der Waals surface area (Å²) in [4.78, 5) is 36.7. The van der Waals surface area contributed by atoms with Gasteiger partial charge < -0.3 is 24.6 Å². The summed E-state index contributed by atoms with van der Waals surface area (Å²) in [6.45, 7) is 1.27. The summed E-state index contributed by atoms with van der Waals surface area (Å²) in [7, 11) is 0.894. The molecule has 2 aromatic rings. The van der Waals surface area contributed by atoms with Gasteiger partial charge in [0.1, 0.15) is 17.7 Å². The average Bonchev–Trinajstić information content (AvgIpc) is 3.00. The Kier molecular flexibility index (Phi) is 12.5. The summed E-state index contributed by atoms with van der Waals surface area (Å²) < 4.78 is 58.0. The molecule has 3 rings (SSSR count). The van der Waals surface area contributed by atoms with Gasteiger partial charge in [0, 0.05) is 24.4 Å². The van der Waals surface area contributed by atoms with Crippen LogP contribution in [-0.4, -0.2) is 54.7 Å². The summed E-state index contributed by atoms with van der Waals surface area (Å²) in [5.74, 6) is -3.42. The number of allylic oxidation sites excluding steroid dienone is 2. The maximum absolute atomic E-state index is 14.1. The second-order valence-electron chi connectivity index (χ2n) is 10.3. The number of methoxy groups -OCH3 is 1. The number of carbonyl (C=O) groups excluding carboxylic acids is 2. The summed E-state index contributed by atoms with van der Waals surface area (Å²) in [5, 5.41) is 22.4. The molecule has 0 spiro atoms.